The van der Waals surface area contributed by atoms with E-state index in [9.17, 15) is 13.2 Å². The summed E-state index contributed by atoms with van der Waals surface area (Å²) >= 11 is 12.4. The lowest BCUT2D eigenvalue weighted by Gasteiger charge is -2.33. The van der Waals surface area contributed by atoms with Crippen LogP contribution >= 0.6 is 23.2 Å². The van der Waals surface area contributed by atoms with Crippen LogP contribution in [-0.2, 0) is 6.18 Å². The molecule has 0 spiro atoms. The molecule has 1 N–H and O–H groups in total. The average molecular weight is 403 g/mol. The van der Waals surface area contributed by atoms with E-state index < -0.39 is 17.8 Å². The molecule has 2 nitrogen and oxygen atoms in total. The van der Waals surface area contributed by atoms with Gasteiger partial charge >= 0.3 is 6.18 Å². The molecule has 0 aliphatic carbocycles. The van der Waals surface area contributed by atoms with Crippen molar-refractivity contribution >= 4 is 23.2 Å². The third kappa shape index (κ3) is 4.34. The summed E-state index contributed by atoms with van der Waals surface area (Å²) in [4.78, 5) is 2.06. The zero-order valence-corrected chi connectivity index (χ0v) is 15.5. The zero-order chi connectivity index (χ0) is 18.7. The van der Waals surface area contributed by atoms with E-state index in [1.165, 1.54) is 12.1 Å². The largest absolute Gasteiger partial charge is 0.416 e. The highest BCUT2D eigenvalue weighted by molar-refractivity contribution is 6.35. The number of nitrogens with zero attached hydrogens (tertiary/aromatic N) is 1. The van der Waals surface area contributed by atoms with Crippen LogP contribution in [0.3, 0.4) is 0 Å². The minimum absolute atomic E-state index is 0.214. The lowest BCUT2D eigenvalue weighted by Crippen LogP contribution is -2.34. The van der Waals surface area contributed by atoms with Crippen LogP contribution in [0.2, 0.25) is 10.0 Å². The van der Waals surface area contributed by atoms with Crippen LogP contribution in [0.5, 0.6) is 0 Å². The van der Waals surface area contributed by atoms with E-state index in [0.717, 1.165) is 25.6 Å². The summed E-state index contributed by atoms with van der Waals surface area (Å²) in [6.45, 7) is 2.88. The second-order valence-corrected chi connectivity index (χ2v) is 7.14. The Bertz CT molecular complexity index is 757. The van der Waals surface area contributed by atoms with Crippen LogP contribution in [0.4, 0.5) is 13.2 Å². The summed E-state index contributed by atoms with van der Waals surface area (Å²) in [5.74, 6) is 0. The molecule has 0 amide bonds. The minimum atomic E-state index is -4.43. The standard InChI is InChI=1S/C19H19Cl2F3N2/c20-13-6-7-15(17(21)12-13)18(26-10-3-8-25-9-11-26)14-4-1-2-5-16(14)19(22,23)24/h1-2,4-7,12,18,25H,3,8-11H2. The average Bonchev–Trinajstić information content (AvgIpc) is 2.86. The maximum Gasteiger partial charge on any atom is 0.416 e. The van der Waals surface area contributed by atoms with E-state index in [-0.39, 0.29) is 5.56 Å². The molecule has 1 heterocycles. The van der Waals surface area contributed by atoms with Crippen molar-refractivity contribution in [2.45, 2.75) is 18.6 Å². The summed E-state index contributed by atoms with van der Waals surface area (Å²) in [7, 11) is 0. The Morgan fingerprint density at radius 1 is 0.962 bits per heavy atom. The molecule has 2 aromatic carbocycles. The molecule has 1 aliphatic heterocycles. The number of rotatable bonds is 3. The van der Waals surface area contributed by atoms with Gasteiger partial charge in [-0.15, -0.1) is 0 Å². The Hall–Kier alpha value is -1.27. The molecule has 1 saturated heterocycles. The minimum Gasteiger partial charge on any atom is -0.315 e. The van der Waals surface area contributed by atoms with Crippen LogP contribution in [0.25, 0.3) is 0 Å². The quantitative estimate of drug-likeness (QED) is 0.739. The molecule has 1 fully saturated rings. The van der Waals surface area contributed by atoms with E-state index >= 15 is 0 Å². The van der Waals surface area contributed by atoms with Crippen LogP contribution in [-0.4, -0.2) is 31.1 Å². The van der Waals surface area contributed by atoms with Crippen LogP contribution < -0.4 is 5.32 Å². The Morgan fingerprint density at radius 3 is 2.46 bits per heavy atom. The summed E-state index contributed by atoms with van der Waals surface area (Å²) < 4.78 is 41.0. The molecule has 26 heavy (non-hydrogen) atoms. The first-order valence-corrected chi connectivity index (χ1v) is 9.19. The predicted octanol–water partition coefficient (Wildman–Crippen LogP) is 5.40. The first-order chi connectivity index (χ1) is 12.4. The van der Waals surface area contributed by atoms with Gasteiger partial charge in [-0.1, -0.05) is 47.5 Å². The van der Waals surface area contributed by atoms with Crippen LogP contribution in [0, 0.1) is 0 Å². The van der Waals surface area contributed by atoms with Gasteiger partial charge in [0.25, 0.3) is 0 Å². The number of hydrogen-bond donors (Lipinski definition) is 1. The molecule has 3 rings (SSSR count). The van der Waals surface area contributed by atoms with Gasteiger partial charge in [-0.3, -0.25) is 4.90 Å². The Balaban J connectivity index is 2.15. The lowest BCUT2D eigenvalue weighted by atomic mass is 9.92. The topological polar surface area (TPSA) is 15.3 Å². The van der Waals surface area contributed by atoms with Crippen molar-refractivity contribution in [3.8, 4) is 0 Å². The first-order valence-electron chi connectivity index (χ1n) is 8.44. The van der Waals surface area contributed by atoms with E-state index in [4.69, 9.17) is 23.2 Å². The molecule has 1 atom stereocenters. The smallest absolute Gasteiger partial charge is 0.315 e. The fourth-order valence-electron chi connectivity index (χ4n) is 3.40. The van der Waals surface area contributed by atoms with Gasteiger partial charge in [0.1, 0.15) is 0 Å². The molecule has 1 unspecified atom stereocenters. The van der Waals surface area contributed by atoms with Crippen LogP contribution in [0.15, 0.2) is 42.5 Å². The van der Waals surface area contributed by atoms with E-state index in [2.05, 4.69) is 10.2 Å². The van der Waals surface area contributed by atoms with Gasteiger partial charge in [0.15, 0.2) is 0 Å². The molecule has 7 heteroatoms. The number of alkyl halides is 3. The Morgan fingerprint density at radius 2 is 1.73 bits per heavy atom. The van der Waals surface area contributed by atoms with E-state index in [0.29, 0.717) is 28.7 Å². The summed E-state index contributed by atoms with van der Waals surface area (Å²) in [5, 5.41) is 4.12. The third-order valence-electron chi connectivity index (χ3n) is 4.56. The highest BCUT2D eigenvalue weighted by Crippen LogP contribution is 2.41. The predicted molar refractivity (Wildman–Crippen MR) is 98.8 cm³/mol. The number of hydrogen-bond acceptors (Lipinski definition) is 2. The van der Waals surface area contributed by atoms with E-state index in [1.807, 2.05) is 0 Å². The summed E-state index contributed by atoms with van der Waals surface area (Å²) in [5.41, 5.74) is 0.217. The van der Waals surface area contributed by atoms with Gasteiger partial charge in [0, 0.05) is 29.7 Å². The second kappa shape index (κ2) is 8.17. The highest BCUT2D eigenvalue weighted by Gasteiger charge is 2.37. The lowest BCUT2D eigenvalue weighted by molar-refractivity contribution is -0.138. The number of halogens is 5. The van der Waals surface area contributed by atoms with Crippen molar-refractivity contribution in [3.63, 3.8) is 0 Å². The Kier molecular flexibility index (Phi) is 6.13. The highest BCUT2D eigenvalue weighted by atomic mass is 35.5. The van der Waals surface area contributed by atoms with Crippen molar-refractivity contribution in [2.24, 2.45) is 0 Å². The molecule has 2 aromatic rings. The third-order valence-corrected chi connectivity index (χ3v) is 5.12. The first kappa shape index (κ1) is 19.5. The molecule has 0 radical (unpaired) electrons. The molecule has 0 aromatic heterocycles. The maximum atomic E-state index is 13.7. The van der Waals surface area contributed by atoms with Gasteiger partial charge < -0.3 is 5.32 Å². The SMILES string of the molecule is FC(F)(F)c1ccccc1C(c1ccc(Cl)cc1Cl)N1CCCNCC1. The van der Waals surface area contributed by atoms with Crippen molar-refractivity contribution in [2.75, 3.05) is 26.2 Å². The van der Waals surface area contributed by atoms with Crippen molar-refractivity contribution < 1.29 is 13.2 Å². The fourth-order valence-corrected chi connectivity index (χ4v) is 3.91. The second-order valence-electron chi connectivity index (χ2n) is 6.29. The van der Waals surface area contributed by atoms with Crippen LogP contribution in [0.1, 0.15) is 29.2 Å². The maximum absolute atomic E-state index is 13.7. The molecular weight excluding hydrogens is 384 g/mol. The normalized spacial score (nSPS) is 17.7. The molecule has 0 bridgehead atoms. The summed E-state index contributed by atoms with van der Waals surface area (Å²) in [6.07, 6.45) is -3.58. The number of benzene rings is 2. The van der Waals surface area contributed by atoms with Gasteiger partial charge in [0.2, 0.25) is 0 Å². The molecule has 140 valence electrons. The van der Waals surface area contributed by atoms with Gasteiger partial charge in [-0.2, -0.15) is 13.2 Å². The van der Waals surface area contributed by atoms with Crippen molar-refractivity contribution in [1.82, 2.24) is 10.2 Å². The van der Waals surface area contributed by atoms with Gasteiger partial charge in [0.05, 0.1) is 11.6 Å². The monoisotopic (exact) mass is 402 g/mol. The van der Waals surface area contributed by atoms with Crippen molar-refractivity contribution in [3.05, 3.63) is 69.2 Å². The molecule has 0 saturated carbocycles. The molecule has 1 aliphatic rings. The van der Waals surface area contributed by atoms with Gasteiger partial charge in [-0.05, 0) is 42.3 Å². The fraction of sp³-hybridized carbons (Fsp3) is 0.368. The molecular formula is C19H19Cl2F3N2. The van der Waals surface area contributed by atoms with Gasteiger partial charge in [-0.25, -0.2) is 0 Å². The zero-order valence-electron chi connectivity index (χ0n) is 14.0. The van der Waals surface area contributed by atoms with Crippen molar-refractivity contribution in [1.29, 1.82) is 0 Å². The number of nitrogens with one attached hydrogen (secondary N) is 1. The van der Waals surface area contributed by atoms with E-state index in [1.54, 1.807) is 24.3 Å². The summed E-state index contributed by atoms with van der Waals surface area (Å²) in [6, 6.07) is 10.1. The Labute approximate surface area is 160 Å².